The van der Waals surface area contributed by atoms with Gasteiger partial charge in [-0.15, -0.1) is 0 Å². The van der Waals surface area contributed by atoms with Gasteiger partial charge in [0.2, 0.25) is 10.0 Å². The SMILES string of the molecule is Cc1[nH]ncc1S(=O)(=O)NCCNC(=O)N(C)C. The highest BCUT2D eigenvalue weighted by molar-refractivity contribution is 7.89. The Kier molecular flexibility index (Phi) is 4.68. The van der Waals surface area contributed by atoms with Crippen molar-refractivity contribution in [3.63, 3.8) is 0 Å². The molecular formula is C9H17N5O3S. The fourth-order valence-corrected chi connectivity index (χ4v) is 2.37. The number of H-pyrrole nitrogens is 1. The van der Waals surface area contributed by atoms with Gasteiger partial charge in [-0.2, -0.15) is 5.10 Å². The van der Waals surface area contributed by atoms with Crippen LogP contribution in [-0.4, -0.2) is 56.7 Å². The third-order valence-electron chi connectivity index (χ3n) is 2.17. The highest BCUT2D eigenvalue weighted by atomic mass is 32.2. The number of rotatable bonds is 5. The Balaban J connectivity index is 2.45. The first-order valence-corrected chi connectivity index (χ1v) is 6.77. The predicted molar refractivity (Wildman–Crippen MR) is 65.6 cm³/mol. The largest absolute Gasteiger partial charge is 0.337 e. The van der Waals surface area contributed by atoms with Gasteiger partial charge in [-0.1, -0.05) is 0 Å². The van der Waals surface area contributed by atoms with E-state index in [9.17, 15) is 13.2 Å². The van der Waals surface area contributed by atoms with Gasteiger partial charge >= 0.3 is 6.03 Å². The Morgan fingerprint density at radius 1 is 1.44 bits per heavy atom. The minimum atomic E-state index is -3.57. The van der Waals surface area contributed by atoms with E-state index in [2.05, 4.69) is 20.2 Å². The lowest BCUT2D eigenvalue weighted by Gasteiger charge is -2.12. The van der Waals surface area contributed by atoms with E-state index in [0.29, 0.717) is 5.69 Å². The van der Waals surface area contributed by atoms with Crippen molar-refractivity contribution in [2.75, 3.05) is 27.2 Å². The number of nitrogens with one attached hydrogen (secondary N) is 3. The van der Waals surface area contributed by atoms with Gasteiger partial charge in [0, 0.05) is 27.2 Å². The summed E-state index contributed by atoms with van der Waals surface area (Å²) in [6.07, 6.45) is 1.25. The van der Waals surface area contributed by atoms with Crippen LogP contribution in [0, 0.1) is 6.92 Å². The van der Waals surface area contributed by atoms with E-state index in [-0.39, 0.29) is 24.0 Å². The molecule has 0 unspecified atom stereocenters. The van der Waals surface area contributed by atoms with Gasteiger partial charge in [0.05, 0.1) is 11.9 Å². The molecule has 2 amide bonds. The Morgan fingerprint density at radius 3 is 2.61 bits per heavy atom. The molecule has 1 rings (SSSR count). The Labute approximate surface area is 106 Å². The molecule has 1 aromatic heterocycles. The fourth-order valence-electron chi connectivity index (χ4n) is 1.20. The zero-order chi connectivity index (χ0) is 13.8. The number of nitrogens with zero attached hydrogens (tertiary/aromatic N) is 2. The normalized spacial score (nSPS) is 11.3. The third kappa shape index (κ3) is 3.70. The van der Waals surface area contributed by atoms with Crippen LogP contribution in [0.3, 0.4) is 0 Å². The van der Waals surface area contributed by atoms with Crippen LogP contribution in [0.25, 0.3) is 0 Å². The van der Waals surface area contributed by atoms with Crippen molar-refractivity contribution < 1.29 is 13.2 Å². The quantitative estimate of drug-likeness (QED) is 0.616. The molecule has 0 fully saturated rings. The van der Waals surface area contributed by atoms with E-state index in [0.717, 1.165) is 0 Å². The first-order chi connectivity index (χ1) is 8.34. The van der Waals surface area contributed by atoms with Crippen LogP contribution in [0.5, 0.6) is 0 Å². The van der Waals surface area contributed by atoms with E-state index in [1.807, 2.05) is 0 Å². The highest BCUT2D eigenvalue weighted by Gasteiger charge is 2.17. The molecule has 0 aliphatic carbocycles. The second kappa shape index (κ2) is 5.83. The van der Waals surface area contributed by atoms with Gasteiger partial charge < -0.3 is 10.2 Å². The van der Waals surface area contributed by atoms with Crippen molar-refractivity contribution in [2.45, 2.75) is 11.8 Å². The number of hydrogen-bond donors (Lipinski definition) is 3. The Morgan fingerprint density at radius 2 is 2.11 bits per heavy atom. The van der Waals surface area contributed by atoms with E-state index in [1.165, 1.54) is 11.1 Å². The first kappa shape index (κ1) is 14.5. The van der Waals surface area contributed by atoms with E-state index < -0.39 is 10.0 Å². The lowest BCUT2D eigenvalue weighted by atomic mass is 10.5. The molecule has 0 aliphatic rings. The minimum Gasteiger partial charge on any atom is -0.337 e. The van der Waals surface area contributed by atoms with Gasteiger partial charge in [0.1, 0.15) is 4.90 Å². The monoisotopic (exact) mass is 275 g/mol. The highest BCUT2D eigenvalue weighted by Crippen LogP contribution is 2.09. The average molecular weight is 275 g/mol. The van der Waals surface area contributed by atoms with Crippen LogP contribution in [0.2, 0.25) is 0 Å². The smallest absolute Gasteiger partial charge is 0.316 e. The molecule has 0 bridgehead atoms. The number of amides is 2. The number of aromatic nitrogens is 2. The minimum absolute atomic E-state index is 0.112. The van der Waals surface area contributed by atoms with Crippen molar-refractivity contribution in [2.24, 2.45) is 0 Å². The lowest BCUT2D eigenvalue weighted by Crippen LogP contribution is -2.39. The van der Waals surface area contributed by atoms with E-state index in [1.54, 1.807) is 21.0 Å². The van der Waals surface area contributed by atoms with Crippen LogP contribution in [-0.2, 0) is 10.0 Å². The number of hydrogen-bond acceptors (Lipinski definition) is 4. The Bertz CT molecular complexity index is 508. The van der Waals surface area contributed by atoms with Gasteiger partial charge in [0.25, 0.3) is 0 Å². The number of sulfonamides is 1. The molecule has 0 aliphatic heterocycles. The lowest BCUT2D eigenvalue weighted by molar-refractivity contribution is 0.217. The molecule has 0 radical (unpaired) electrons. The van der Waals surface area contributed by atoms with Crippen LogP contribution in [0.1, 0.15) is 5.69 Å². The van der Waals surface area contributed by atoms with Gasteiger partial charge in [-0.25, -0.2) is 17.9 Å². The third-order valence-corrected chi connectivity index (χ3v) is 3.75. The summed E-state index contributed by atoms with van der Waals surface area (Å²) in [6, 6.07) is -0.270. The predicted octanol–water partition coefficient (Wildman–Crippen LogP) is -0.732. The molecule has 102 valence electrons. The number of carbonyl (C=O) groups excluding carboxylic acids is 1. The molecule has 0 saturated heterocycles. The molecule has 8 nitrogen and oxygen atoms in total. The van der Waals surface area contributed by atoms with Crippen LogP contribution in [0.4, 0.5) is 4.79 Å². The summed E-state index contributed by atoms with van der Waals surface area (Å²) in [6.45, 7) is 1.95. The zero-order valence-corrected chi connectivity index (χ0v) is 11.3. The maximum atomic E-state index is 11.8. The standard InChI is InChI=1S/C9H17N5O3S/c1-7-8(6-11-13-7)18(16,17)12-5-4-10-9(15)14(2)3/h6,12H,4-5H2,1-3H3,(H,10,15)(H,11,13). The molecule has 0 atom stereocenters. The average Bonchev–Trinajstić information content (AvgIpc) is 2.71. The molecule has 0 aromatic carbocycles. The molecule has 3 N–H and O–H groups in total. The van der Waals surface area contributed by atoms with Crippen molar-refractivity contribution in [1.82, 2.24) is 25.1 Å². The molecule has 0 saturated carbocycles. The van der Waals surface area contributed by atoms with E-state index in [4.69, 9.17) is 0 Å². The van der Waals surface area contributed by atoms with Crippen LogP contribution >= 0.6 is 0 Å². The summed E-state index contributed by atoms with van der Waals surface area (Å²) >= 11 is 0. The van der Waals surface area contributed by atoms with Crippen molar-refractivity contribution in [3.05, 3.63) is 11.9 Å². The van der Waals surface area contributed by atoms with Crippen molar-refractivity contribution in [3.8, 4) is 0 Å². The van der Waals surface area contributed by atoms with Crippen LogP contribution < -0.4 is 10.0 Å². The topological polar surface area (TPSA) is 107 Å². The summed E-state index contributed by atoms with van der Waals surface area (Å²) in [4.78, 5) is 12.7. The number of urea groups is 1. The second-order valence-electron chi connectivity index (χ2n) is 3.88. The molecule has 18 heavy (non-hydrogen) atoms. The maximum absolute atomic E-state index is 11.8. The fraction of sp³-hybridized carbons (Fsp3) is 0.556. The summed E-state index contributed by atoms with van der Waals surface area (Å²) in [7, 11) is -0.363. The molecular weight excluding hydrogens is 258 g/mol. The van der Waals surface area contributed by atoms with Crippen LogP contribution in [0.15, 0.2) is 11.1 Å². The first-order valence-electron chi connectivity index (χ1n) is 5.29. The Hall–Kier alpha value is -1.61. The van der Waals surface area contributed by atoms with Crippen molar-refractivity contribution in [1.29, 1.82) is 0 Å². The molecule has 0 spiro atoms. The van der Waals surface area contributed by atoms with E-state index >= 15 is 0 Å². The number of aromatic amines is 1. The van der Waals surface area contributed by atoms with Crippen molar-refractivity contribution >= 4 is 16.1 Å². The maximum Gasteiger partial charge on any atom is 0.316 e. The second-order valence-corrected chi connectivity index (χ2v) is 5.62. The summed E-state index contributed by atoms with van der Waals surface area (Å²) in [5, 5.41) is 8.75. The molecule has 1 aromatic rings. The summed E-state index contributed by atoms with van der Waals surface area (Å²) in [5.74, 6) is 0. The number of aryl methyl sites for hydroxylation is 1. The summed E-state index contributed by atoms with van der Waals surface area (Å²) in [5.41, 5.74) is 0.472. The van der Waals surface area contributed by atoms with Gasteiger partial charge in [0.15, 0.2) is 0 Å². The summed E-state index contributed by atoms with van der Waals surface area (Å²) < 4.78 is 26.0. The zero-order valence-electron chi connectivity index (χ0n) is 10.5. The number of carbonyl (C=O) groups is 1. The molecule has 9 heteroatoms. The molecule has 1 heterocycles. The van der Waals surface area contributed by atoms with Gasteiger partial charge in [-0.3, -0.25) is 5.10 Å². The van der Waals surface area contributed by atoms with Gasteiger partial charge in [-0.05, 0) is 6.92 Å².